The molecule has 1 aromatic heterocycles. The summed E-state index contributed by atoms with van der Waals surface area (Å²) in [6.07, 6.45) is 0. The highest BCUT2D eigenvalue weighted by Crippen LogP contribution is 2.34. The van der Waals surface area contributed by atoms with Gasteiger partial charge in [-0.3, -0.25) is 5.41 Å². The molecule has 3 N–H and O–H groups in total. The van der Waals surface area contributed by atoms with Crippen molar-refractivity contribution in [1.82, 2.24) is 0 Å². The fourth-order valence-electron chi connectivity index (χ4n) is 4.43. The van der Waals surface area contributed by atoms with Crippen LogP contribution in [0.2, 0.25) is 0 Å². The molecule has 0 amide bonds. The number of nitrogens with zero attached hydrogens (tertiary/aromatic N) is 1. The van der Waals surface area contributed by atoms with Crippen LogP contribution in [-0.2, 0) is 0 Å². The van der Waals surface area contributed by atoms with Gasteiger partial charge < -0.3 is 10.2 Å². The van der Waals surface area contributed by atoms with Gasteiger partial charge in [0.1, 0.15) is 17.0 Å². The van der Waals surface area contributed by atoms with Crippen LogP contribution < -0.4 is 5.73 Å². The third-order valence-corrected chi connectivity index (χ3v) is 6.14. The average molecular weight is 440 g/mol. The Balaban J connectivity index is 1.43. The van der Waals surface area contributed by atoms with Gasteiger partial charge in [0.15, 0.2) is 5.84 Å². The highest BCUT2D eigenvalue weighted by molar-refractivity contribution is 6.20. The average Bonchev–Trinajstić information content (AvgIpc) is 3.27. The molecule has 0 aliphatic heterocycles. The molecule has 0 spiro atoms. The summed E-state index contributed by atoms with van der Waals surface area (Å²) < 4.78 is 6.18. The molecule has 0 unspecified atom stereocenters. The van der Waals surface area contributed by atoms with Gasteiger partial charge >= 0.3 is 0 Å². The standard InChI is InChI=1S/C30H21N3O/c31-29(23-14-13-20-9-4-5-10-21(20)17-23)33-30(32)25-11-6-12-26-28(25)24-16-15-22(18-27(24)34-26)19-7-2-1-3-8-19/h1-18H,(H3,31,32,33). The quantitative estimate of drug-likeness (QED) is 0.227. The second-order valence-electron chi connectivity index (χ2n) is 8.27. The minimum Gasteiger partial charge on any atom is -0.456 e. The Morgan fingerprint density at radius 2 is 1.47 bits per heavy atom. The maximum atomic E-state index is 8.55. The maximum Gasteiger partial charge on any atom is 0.154 e. The van der Waals surface area contributed by atoms with E-state index >= 15 is 0 Å². The van der Waals surface area contributed by atoms with Crippen LogP contribution in [-0.4, -0.2) is 11.7 Å². The summed E-state index contributed by atoms with van der Waals surface area (Å²) in [6, 6.07) is 36.1. The van der Waals surface area contributed by atoms with Crippen LogP contribution in [0.1, 0.15) is 11.1 Å². The van der Waals surface area contributed by atoms with E-state index in [1.165, 1.54) is 0 Å². The Labute approximate surface area is 196 Å². The number of fused-ring (bicyclic) bond motifs is 4. The third-order valence-electron chi connectivity index (χ3n) is 6.14. The van der Waals surface area contributed by atoms with E-state index in [9.17, 15) is 0 Å². The van der Waals surface area contributed by atoms with Crippen molar-refractivity contribution in [3.05, 3.63) is 120 Å². The van der Waals surface area contributed by atoms with Crippen molar-refractivity contribution < 1.29 is 4.42 Å². The Kier molecular flexibility index (Phi) is 4.70. The van der Waals surface area contributed by atoms with Crippen molar-refractivity contribution in [2.24, 2.45) is 10.7 Å². The second kappa shape index (κ2) is 8.01. The molecule has 0 aliphatic carbocycles. The van der Waals surface area contributed by atoms with Crippen molar-refractivity contribution in [3.63, 3.8) is 0 Å². The summed E-state index contributed by atoms with van der Waals surface area (Å²) in [5, 5.41) is 12.6. The zero-order valence-electron chi connectivity index (χ0n) is 18.3. The largest absolute Gasteiger partial charge is 0.456 e. The van der Waals surface area contributed by atoms with Crippen LogP contribution in [0.25, 0.3) is 43.8 Å². The molecule has 1 heterocycles. The van der Waals surface area contributed by atoms with Gasteiger partial charge in [0.25, 0.3) is 0 Å². The summed E-state index contributed by atoms with van der Waals surface area (Å²) >= 11 is 0. The maximum absolute atomic E-state index is 8.55. The molecule has 0 fully saturated rings. The van der Waals surface area contributed by atoms with Crippen molar-refractivity contribution in [3.8, 4) is 11.1 Å². The van der Waals surface area contributed by atoms with E-state index < -0.39 is 0 Å². The molecular formula is C30H21N3O. The summed E-state index contributed by atoms with van der Waals surface area (Å²) in [5.74, 6) is 0.415. The predicted molar refractivity (Wildman–Crippen MR) is 141 cm³/mol. The van der Waals surface area contributed by atoms with Crippen LogP contribution in [0.5, 0.6) is 0 Å². The first kappa shape index (κ1) is 19.9. The number of hydrogen-bond acceptors (Lipinski definition) is 2. The van der Waals surface area contributed by atoms with E-state index in [1.54, 1.807) is 0 Å². The van der Waals surface area contributed by atoms with Gasteiger partial charge in [-0.15, -0.1) is 0 Å². The zero-order chi connectivity index (χ0) is 23.1. The summed E-state index contributed by atoms with van der Waals surface area (Å²) in [5.41, 5.74) is 11.7. The minimum atomic E-state index is 0.124. The number of rotatable bonds is 3. The Hall–Kier alpha value is -4.70. The Morgan fingerprint density at radius 3 is 2.32 bits per heavy atom. The molecule has 4 heteroatoms. The molecule has 34 heavy (non-hydrogen) atoms. The molecule has 0 saturated carbocycles. The summed E-state index contributed by atoms with van der Waals surface area (Å²) in [6.45, 7) is 0. The molecule has 6 rings (SSSR count). The lowest BCUT2D eigenvalue weighted by atomic mass is 10.0. The highest BCUT2D eigenvalue weighted by atomic mass is 16.3. The number of nitrogens with one attached hydrogen (secondary N) is 1. The fraction of sp³-hybridized carbons (Fsp3) is 0. The molecule has 0 saturated heterocycles. The topological polar surface area (TPSA) is 75.4 Å². The number of amidine groups is 2. The van der Waals surface area contributed by atoms with E-state index in [1.807, 2.05) is 78.9 Å². The van der Waals surface area contributed by atoms with E-state index in [0.29, 0.717) is 5.84 Å². The van der Waals surface area contributed by atoms with Crippen LogP contribution in [0.3, 0.4) is 0 Å². The van der Waals surface area contributed by atoms with E-state index in [0.717, 1.165) is 55.0 Å². The van der Waals surface area contributed by atoms with E-state index in [4.69, 9.17) is 15.6 Å². The first-order valence-electron chi connectivity index (χ1n) is 11.1. The minimum absolute atomic E-state index is 0.124. The lowest BCUT2D eigenvalue weighted by Gasteiger charge is -2.06. The van der Waals surface area contributed by atoms with E-state index in [2.05, 4.69) is 35.3 Å². The van der Waals surface area contributed by atoms with Crippen LogP contribution in [0.4, 0.5) is 0 Å². The van der Waals surface area contributed by atoms with Crippen LogP contribution >= 0.6 is 0 Å². The molecule has 6 aromatic rings. The molecule has 4 nitrogen and oxygen atoms in total. The number of furan rings is 1. The Bertz CT molecular complexity index is 1730. The molecule has 0 bridgehead atoms. The molecule has 162 valence electrons. The third kappa shape index (κ3) is 3.42. The molecular weight excluding hydrogens is 418 g/mol. The van der Waals surface area contributed by atoms with Gasteiger partial charge in [0.05, 0.1) is 0 Å². The summed E-state index contributed by atoms with van der Waals surface area (Å²) in [4.78, 5) is 4.46. The van der Waals surface area contributed by atoms with Crippen molar-refractivity contribution >= 4 is 44.4 Å². The number of nitrogens with two attached hydrogens (primary N) is 1. The lowest BCUT2D eigenvalue weighted by molar-refractivity contribution is 0.669. The Morgan fingerprint density at radius 1 is 0.676 bits per heavy atom. The predicted octanol–water partition coefficient (Wildman–Crippen LogP) is 7.14. The lowest BCUT2D eigenvalue weighted by Crippen LogP contribution is -2.16. The number of benzene rings is 5. The fourth-order valence-corrected chi connectivity index (χ4v) is 4.43. The first-order valence-corrected chi connectivity index (χ1v) is 11.1. The van der Waals surface area contributed by atoms with Crippen molar-refractivity contribution in [1.29, 1.82) is 5.41 Å². The smallest absolute Gasteiger partial charge is 0.154 e. The SMILES string of the molecule is N=C(/N=C(\N)c1cccc2oc3cc(-c4ccccc4)ccc3c12)c1ccc2ccccc2c1. The molecule has 0 radical (unpaired) electrons. The summed E-state index contributed by atoms with van der Waals surface area (Å²) in [7, 11) is 0. The van der Waals surface area contributed by atoms with Crippen molar-refractivity contribution in [2.45, 2.75) is 0 Å². The van der Waals surface area contributed by atoms with Gasteiger partial charge in [-0.1, -0.05) is 84.9 Å². The monoisotopic (exact) mass is 439 g/mol. The molecule has 0 atom stereocenters. The normalized spacial score (nSPS) is 11.9. The van der Waals surface area contributed by atoms with Gasteiger partial charge in [0.2, 0.25) is 0 Å². The molecule has 0 aliphatic rings. The van der Waals surface area contributed by atoms with Gasteiger partial charge in [-0.05, 0) is 46.2 Å². The highest BCUT2D eigenvalue weighted by Gasteiger charge is 2.15. The van der Waals surface area contributed by atoms with E-state index in [-0.39, 0.29) is 5.84 Å². The van der Waals surface area contributed by atoms with Crippen LogP contribution in [0, 0.1) is 5.41 Å². The van der Waals surface area contributed by atoms with Gasteiger partial charge in [-0.2, -0.15) is 0 Å². The van der Waals surface area contributed by atoms with Gasteiger partial charge in [-0.25, -0.2) is 4.99 Å². The van der Waals surface area contributed by atoms with Gasteiger partial charge in [0, 0.05) is 21.9 Å². The van der Waals surface area contributed by atoms with Crippen molar-refractivity contribution in [2.75, 3.05) is 0 Å². The number of hydrogen-bond donors (Lipinski definition) is 2. The first-order chi connectivity index (χ1) is 16.7. The molecule has 5 aromatic carbocycles. The number of aliphatic imine (C=N–C) groups is 1. The second-order valence-corrected chi connectivity index (χ2v) is 8.27. The van der Waals surface area contributed by atoms with Crippen LogP contribution in [0.15, 0.2) is 119 Å². The zero-order valence-corrected chi connectivity index (χ0v) is 18.3.